The van der Waals surface area contributed by atoms with Gasteiger partial charge in [0.15, 0.2) is 0 Å². The summed E-state index contributed by atoms with van der Waals surface area (Å²) in [6.45, 7) is 7.07. The van der Waals surface area contributed by atoms with E-state index in [9.17, 15) is 5.11 Å². The molecule has 0 bridgehead atoms. The number of hydrogen-bond acceptors (Lipinski definition) is 3. The highest BCUT2D eigenvalue weighted by molar-refractivity contribution is 5.49. The van der Waals surface area contributed by atoms with E-state index in [-0.39, 0.29) is 6.10 Å². The van der Waals surface area contributed by atoms with Gasteiger partial charge in [0.1, 0.15) is 0 Å². The Labute approximate surface area is 103 Å². The number of aliphatic hydroxyl groups excluding tert-OH is 1. The van der Waals surface area contributed by atoms with Crippen LogP contribution in [-0.2, 0) is 6.54 Å². The molecule has 1 aliphatic heterocycles. The van der Waals surface area contributed by atoms with E-state index in [1.54, 1.807) is 0 Å². The molecule has 1 aromatic carbocycles. The second kappa shape index (κ2) is 5.07. The lowest BCUT2D eigenvalue weighted by atomic mass is 9.96. The minimum absolute atomic E-state index is 0.131. The van der Waals surface area contributed by atoms with Gasteiger partial charge in [-0.05, 0) is 36.5 Å². The zero-order valence-corrected chi connectivity index (χ0v) is 10.7. The lowest BCUT2D eigenvalue weighted by Gasteiger charge is -2.34. The topological polar surface area (TPSA) is 49.5 Å². The number of piperidine rings is 1. The van der Waals surface area contributed by atoms with Crippen LogP contribution in [0.3, 0.4) is 0 Å². The van der Waals surface area contributed by atoms with Gasteiger partial charge < -0.3 is 10.8 Å². The zero-order valence-electron chi connectivity index (χ0n) is 10.7. The molecular formula is C14H22N2O. The third-order valence-corrected chi connectivity index (χ3v) is 3.83. The van der Waals surface area contributed by atoms with Crippen molar-refractivity contribution in [2.24, 2.45) is 5.92 Å². The number of likely N-dealkylation sites (tertiary alicyclic amines) is 1. The van der Waals surface area contributed by atoms with E-state index >= 15 is 0 Å². The van der Waals surface area contributed by atoms with Gasteiger partial charge in [0.25, 0.3) is 0 Å². The maximum absolute atomic E-state index is 9.71. The Bertz CT molecular complexity index is 392. The van der Waals surface area contributed by atoms with E-state index in [4.69, 9.17) is 5.73 Å². The fourth-order valence-electron chi connectivity index (χ4n) is 2.48. The Morgan fingerprint density at radius 2 is 2.24 bits per heavy atom. The number of anilines is 1. The fourth-order valence-corrected chi connectivity index (χ4v) is 2.48. The van der Waals surface area contributed by atoms with Crippen LogP contribution < -0.4 is 5.73 Å². The van der Waals surface area contributed by atoms with Gasteiger partial charge in [0.05, 0.1) is 6.10 Å². The summed E-state index contributed by atoms with van der Waals surface area (Å²) >= 11 is 0. The molecule has 2 atom stereocenters. The van der Waals surface area contributed by atoms with Crippen molar-refractivity contribution in [2.75, 3.05) is 18.8 Å². The molecule has 0 aliphatic carbocycles. The van der Waals surface area contributed by atoms with Crippen molar-refractivity contribution in [1.82, 2.24) is 4.90 Å². The SMILES string of the molecule is Cc1c(N)cccc1CN1CCC(O)C(C)C1. The number of nitrogens with two attached hydrogens (primary N) is 1. The van der Waals surface area contributed by atoms with E-state index < -0.39 is 0 Å². The molecule has 0 radical (unpaired) electrons. The number of rotatable bonds is 2. The molecule has 2 unspecified atom stereocenters. The average molecular weight is 234 g/mol. The molecule has 1 aromatic rings. The van der Waals surface area contributed by atoms with Crippen LogP contribution in [0.15, 0.2) is 18.2 Å². The summed E-state index contributed by atoms with van der Waals surface area (Å²) in [6.07, 6.45) is 0.746. The van der Waals surface area contributed by atoms with Crippen LogP contribution in [-0.4, -0.2) is 29.2 Å². The van der Waals surface area contributed by atoms with Gasteiger partial charge in [-0.3, -0.25) is 4.90 Å². The molecule has 94 valence electrons. The Morgan fingerprint density at radius 1 is 1.47 bits per heavy atom. The normalized spacial score (nSPS) is 26.1. The first kappa shape index (κ1) is 12.4. The summed E-state index contributed by atoms with van der Waals surface area (Å²) in [7, 11) is 0. The van der Waals surface area contributed by atoms with Gasteiger partial charge in [-0.15, -0.1) is 0 Å². The molecule has 0 spiro atoms. The highest BCUT2D eigenvalue weighted by Gasteiger charge is 2.24. The third kappa shape index (κ3) is 2.79. The van der Waals surface area contributed by atoms with E-state index in [0.29, 0.717) is 5.92 Å². The van der Waals surface area contributed by atoms with Crippen LogP contribution in [0.5, 0.6) is 0 Å². The minimum atomic E-state index is -0.131. The first-order chi connectivity index (χ1) is 8.08. The molecule has 0 saturated carbocycles. The number of hydrogen-bond donors (Lipinski definition) is 2. The first-order valence-electron chi connectivity index (χ1n) is 6.32. The predicted octanol–water partition coefficient (Wildman–Crippen LogP) is 1.78. The van der Waals surface area contributed by atoms with Crippen molar-refractivity contribution in [3.8, 4) is 0 Å². The Balaban J connectivity index is 2.04. The predicted molar refractivity (Wildman–Crippen MR) is 70.7 cm³/mol. The largest absolute Gasteiger partial charge is 0.399 e. The zero-order chi connectivity index (χ0) is 12.4. The molecule has 3 heteroatoms. The highest BCUT2D eigenvalue weighted by Crippen LogP contribution is 2.21. The summed E-state index contributed by atoms with van der Waals surface area (Å²) in [5, 5.41) is 9.71. The Kier molecular flexibility index (Phi) is 3.69. The van der Waals surface area contributed by atoms with E-state index in [0.717, 1.165) is 31.7 Å². The van der Waals surface area contributed by atoms with Crippen molar-refractivity contribution < 1.29 is 5.11 Å². The Hall–Kier alpha value is -1.06. The number of nitrogen functional groups attached to an aromatic ring is 1. The van der Waals surface area contributed by atoms with Crippen LogP contribution >= 0.6 is 0 Å². The van der Waals surface area contributed by atoms with Crippen LogP contribution in [0.1, 0.15) is 24.5 Å². The quantitative estimate of drug-likeness (QED) is 0.767. The summed E-state index contributed by atoms with van der Waals surface area (Å²) in [6, 6.07) is 6.10. The van der Waals surface area contributed by atoms with Crippen molar-refractivity contribution in [1.29, 1.82) is 0 Å². The standard InChI is InChI=1S/C14H22N2O/c1-10-8-16(7-6-14(10)17)9-12-4-3-5-13(15)11(12)2/h3-5,10,14,17H,6-9,15H2,1-2H3. The number of aliphatic hydroxyl groups is 1. The van der Waals surface area contributed by atoms with Gasteiger partial charge in [-0.2, -0.15) is 0 Å². The third-order valence-electron chi connectivity index (χ3n) is 3.83. The number of nitrogens with zero attached hydrogens (tertiary/aromatic N) is 1. The molecule has 3 nitrogen and oxygen atoms in total. The molecule has 1 fully saturated rings. The number of benzene rings is 1. The minimum Gasteiger partial charge on any atom is -0.399 e. The molecule has 1 heterocycles. The van der Waals surface area contributed by atoms with Crippen LogP contribution in [0.25, 0.3) is 0 Å². The van der Waals surface area contributed by atoms with Gasteiger partial charge in [0, 0.05) is 25.3 Å². The molecule has 1 aliphatic rings. The van der Waals surface area contributed by atoms with Gasteiger partial charge >= 0.3 is 0 Å². The van der Waals surface area contributed by atoms with Crippen molar-refractivity contribution in [2.45, 2.75) is 32.9 Å². The summed E-state index contributed by atoms with van der Waals surface area (Å²) in [5.74, 6) is 0.366. The highest BCUT2D eigenvalue weighted by atomic mass is 16.3. The maximum Gasteiger partial charge on any atom is 0.0590 e. The fraction of sp³-hybridized carbons (Fsp3) is 0.571. The smallest absolute Gasteiger partial charge is 0.0590 e. The van der Waals surface area contributed by atoms with Crippen LogP contribution in [0, 0.1) is 12.8 Å². The lowest BCUT2D eigenvalue weighted by molar-refractivity contribution is 0.0319. The maximum atomic E-state index is 9.71. The lowest BCUT2D eigenvalue weighted by Crippen LogP contribution is -2.41. The van der Waals surface area contributed by atoms with Crippen molar-refractivity contribution >= 4 is 5.69 Å². The molecule has 1 saturated heterocycles. The Morgan fingerprint density at radius 3 is 2.94 bits per heavy atom. The van der Waals surface area contributed by atoms with Crippen LogP contribution in [0.2, 0.25) is 0 Å². The molecular weight excluding hydrogens is 212 g/mol. The van der Waals surface area contributed by atoms with E-state index in [1.807, 2.05) is 12.1 Å². The van der Waals surface area contributed by atoms with Crippen LogP contribution in [0.4, 0.5) is 5.69 Å². The summed E-state index contributed by atoms with van der Waals surface area (Å²) in [5.41, 5.74) is 9.27. The van der Waals surface area contributed by atoms with E-state index in [2.05, 4.69) is 24.8 Å². The monoisotopic (exact) mass is 234 g/mol. The molecule has 17 heavy (non-hydrogen) atoms. The second-order valence-corrected chi connectivity index (χ2v) is 5.20. The van der Waals surface area contributed by atoms with Gasteiger partial charge in [-0.1, -0.05) is 19.1 Å². The van der Waals surface area contributed by atoms with E-state index in [1.165, 1.54) is 11.1 Å². The first-order valence-corrected chi connectivity index (χ1v) is 6.32. The summed E-state index contributed by atoms with van der Waals surface area (Å²) in [4.78, 5) is 2.40. The second-order valence-electron chi connectivity index (χ2n) is 5.20. The van der Waals surface area contributed by atoms with Crippen molar-refractivity contribution in [3.63, 3.8) is 0 Å². The molecule has 0 amide bonds. The average Bonchev–Trinajstić information content (AvgIpc) is 2.30. The van der Waals surface area contributed by atoms with Crippen molar-refractivity contribution in [3.05, 3.63) is 29.3 Å². The summed E-state index contributed by atoms with van der Waals surface area (Å²) < 4.78 is 0. The molecule has 3 N–H and O–H groups in total. The molecule has 2 rings (SSSR count). The van der Waals surface area contributed by atoms with Gasteiger partial charge in [0.2, 0.25) is 0 Å². The van der Waals surface area contributed by atoms with Gasteiger partial charge in [-0.25, -0.2) is 0 Å². The molecule has 0 aromatic heterocycles.